The van der Waals surface area contributed by atoms with Crippen molar-refractivity contribution < 1.29 is 14.1 Å². The third-order valence-corrected chi connectivity index (χ3v) is 4.42. The molecule has 1 unspecified atom stereocenters. The van der Waals surface area contributed by atoms with Crippen LogP contribution in [0.1, 0.15) is 18.9 Å². The Morgan fingerprint density at radius 1 is 1.32 bits per heavy atom. The lowest BCUT2D eigenvalue weighted by Gasteiger charge is -2.10. The number of carbonyl (C=O) groups excluding carboxylic acids is 1. The molecule has 0 bridgehead atoms. The van der Waals surface area contributed by atoms with Crippen LogP contribution < -0.4 is 5.32 Å². The molecular formula is C16H18N2O3S. The Kier molecular flexibility index (Phi) is 6.24. The van der Waals surface area contributed by atoms with Gasteiger partial charge in [0.1, 0.15) is 12.4 Å². The molecule has 1 atom stereocenters. The molecule has 0 saturated carbocycles. The number of nitrogens with one attached hydrogen (secondary N) is 1. The van der Waals surface area contributed by atoms with Crippen molar-refractivity contribution in [1.29, 1.82) is 0 Å². The van der Waals surface area contributed by atoms with E-state index in [2.05, 4.69) is 10.3 Å². The van der Waals surface area contributed by atoms with Crippen molar-refractivity contribution in [3.05, 3.63) is 54.4 Å². The summed E-state index contributed by atoms with van der Waals surface area (Å²) in [5.74, 6) is 0.639. The molecule has 1 N–H and O–H groups in total. The normalized spacial score (nSPS) is 11.7. The van der Waals surface area contributed by atoms with Gasteiger partial charge in [0.15, 0.2) is 4.90 Å². The van der Waals surface area contributed by atoms with Crippen LogP contribution in [-0.2, 0) is 22.5 Å². The van der Waals surface area contributed by atoms with E-state index in [-0.39, 0.29) is 6.61 Å². The number of amides is 1. The summed E-state index contributed by atoms with van der Waals surface area (Å²) in [5.41, 5.74) is 1.43. The van der Waals surface area contributed by atoms with Gasteiger partial charge < -0.3 is 9.29 Å². The Morgan fingerprint density at radius 2 is 2.09 bits per heavy atom. The van der Waals surface area contributed by atoms with E-state index in [1.54, 1.807) is 42.7 Å². The average molecular weight is 318 g/mol. The second kappa shape index (κ2) is 8.41. The summed E-state index contributed by atoms with van der Waals surface area (Å²) in [6.07, 6.45) is 3.64. The molecule has 22 heavy (non-hydrogen) atoms. The van der Waals surface area contributed by atoms with Gasteiger partial charge in [-0.2, -0.15) is 0 Å². The number of pyridine rings is 1. The second-order valence-electron chi connectivity index (χ2n) is 4.64. The number of nitrogens with zero attached hydrogens (tertiary/aromatic N) is 1. The van der Waals surface area contributed by atoms with Crippen LogP contribution in [0.2, 0.25) is 0 Å². The molecule has 2 rings (SSSR count). The summed E-state index contributed by atoms with van der Waals surface area (Å²) in [5, 5.41) is 2.63. The van der Waals surface area contributed by atoms with Crippen LogP contribution in [0.25, 0.3) is 0 Å². The highest BCUT2D eigenvalue weighted by atomic mass is 32.2. The number of benzene rings is 1. The first kappa shape index (κ1) is 16.3. The van der Waals surface area contributed by atoms with Crippen LogP contribution in [0.5, 0.6) is 0 Å². The molecule has 6 heteroatoms. The van der Waals surface area contributed by atoms with Gasteiger partial charge in [0.2, 0.25) is 0 Å². The minimum absolute atomic E-state index is 0.165. The van der Waals surface area contributed by atoms with E-state index >= 15 is 0 Å². The molecule has 0 fully saturated rings. The van der Waals surface area contributed by atoms with Gasteiger partial charge in [-0.25, -0.2) is 4.79 Å². The van der Waals surface area contributed by atoms with E-state index in [4.69, 9.17) is 4.74 Å². The van der Waals surface area contributed by atoms with E-state index in [0.29, 0.717) is 11.4 Å². The lowest BCUT2D eigenvalue weighted by atomic mass is 10.3. The maximum Gasteiger partial charge on any atom is 0.411 e. The Hall–Kier alpha value is -2.05. The summed E-state index contributed by atoms with van der Waals surface area (Å²) < 4.78 is 16.9. The highest BCUT2D eigenvalue weighted by molar-refractivity contribution is 7.91. The molecule has 0 radical (unpaired) electrons. The van der Waals surface area contributed by atoms with E-state index in [1.807, 2.05) is 13.0 Å². The van der Waals surface area contributed by atoms with Gasteiger partial charge >= 0.3 is 6.09 Å². The molecule has 0 aliphatic rings. The Balaban J connectivity index is 1.84. The number of rotatable bonds is 6. The zero-order valence-electron chi connectivity index (χ0n) is 12.3. The molecule has 0 aliphatic heterocycles. The standard InChI is InChI=1S/C16H18N2O3S/c1-2-10-22(20)15-7-5-14(6-8-15)18-16(19)21-12-13-4-3-9-17-11-13/h3-9,11H,2,10,12H2,1H3,(H,18,19). The number of aromatic nitrogens is 1. The van der Waals surface area contributed by atoms with E-state index in [9.17, 15) is 9.35 Å². The smallest absolute Gasteiger partial charge is 0.411 e. The fourth-order valence-corrected chi connectivity index (χ4v) is 2.83. The van der Waals surface area contributed by atoms with Gasteiger partial charge in [0.25, 0.3) is 0 Å². The van der Waals surface area contributed by atoms with Gasteiger partial charge in [-0.3, -0.25) is 10.3 Å². The summed E-state index contributed by atoms with van der Waals surface area (Å²) >= 11 is -0.984. The number of anilines is 1. The molecule has 0 aliphatic carbocycles. The van der Waals surface area contributed by atoms with Crippen molar-refractivity contribution in [2.24, 2.45) is 0 Å². The minimum Gasteiger partial charge on any atom is -0.611 e. The first-order valence-corrected chi connectivity index (χ1v) is 8.32. The Morgan fingerprint density at radius 3 is 2.73 bits per heavy atom. The van der Waals surface area contributed by atoms with Crippen LogP contribution in [0.3, 0.4) is 0 Å². The molecule has 0 saturated heterocycles. The minimum atomic E-state index is -0.984. The maximum absolute atomic E-state index is 11.8. The van der Waals surface area contributed by atoms with Gasteiger partial charge in [0, 0.05) is 23.6 Å². The molecule has 116 valence electrons. The quantitative estimate of drug-likeness (QED) is 0.829. The van der Waals surface area contributed by atoms with Gasteiger partial charge in [-0.15, -0.1) is 0 Å². The molecule has 1 heterocycles. The predicted octanol–water partition coefficient (Wildman–Crippen LogP) is 3.35. The number of hydrogen-bond donors (Lipinski definition) is 1. The van der Waals surface area contributed by atoms with Crippen LogP contribution in [0.15, 0.2) is 53.7 Å². The van der Waals surface area contributed by atoms with Crippen molar-refractivity contribution in [2.45, 2.75) is 24.8 Å². The molecule has 2 aromatic rings. The van der Waals surface area contributed by atoms with Crippen molar-refractivity contribution in [1.82, 2.24) is 4.98 Å². The Labute approximate surface area is 132 Å². The summed E-state index contributed by atoms with van der Waals surface area (Å²) in [7, 11) is 0. The summed E-state index contributed by atoms with van der Waals surface area (Å²) in [6.45, 7) is 2.16. The zero-order valence-corrected chi connectivity index (χ0v) is 13.1. The number of ether oxygens (including phenoxy) is 1. The highest BCUT2D eigenvalue weighted by Gasteiger charge is 2.10. The monoisotopic (exact) mass is 318 g/mol. The van der Waals surface area contributed by atoms with E-state index in [1.165, 1.54) is 0 Å². The first-order valence-electron chi connectivity index (χ1n) is 7.00. The Bertz CT molecular complexity index is 590. The third-order valence-electron chi connectivity index (χ3n) is 2.85. The third kappa shape index (κ3) is 5.05. The largest absolute Gasteiger partial charge is 0.611 e. The van der Waals surface area contributed by atoms with Crippen LogP contribution in [0, 0.1) is 0 Å². The zero-order chi connectivity index (χ0) is 15.8. The highest BCUT2D eigenvalue weighted by Crippen LogP contribution is 2.16. The predicted molar refractivity (Wildman–Crippen MR) is 86.1 cm³/mol. The molecule has 1 amide bonds. The molecule has 1 aromatic carbocycles. The lowest BCUT2D eigenvalue weighted by Crippen LogP contribution is -2.13. The van der Waals surface area contributed by atoms with Crippen molar-refractivity contribution in [3.63, 3.8) is 0 Å². The van der Waals surface area contributed by atoms with E-state index < -0.39 is 17.3 Å². The van der Waals surface area contributed by atoms with Crippen molar-refractivity contribution >= 4 is 23.0 Å². The molecule has 1 aromatic heterocycles. The lowest BCUT2D eigenvalue weighted by molar-refractivity contribution is 0.155. The fraction of sp³-hybridized carbons (Fsp3) is 0.250. The summed E-state index contributed by atoms with van der Waals surface area (Å²) in [6, 6.07) is 10.6. The molecular weight excluding hydrogens is 300 g/mol. The SMILES string of the molecule is CCC[S+]([O-])c1ccc(NC(=O)OCc2cccnc2)cc1. The van der Waals surface area contributed by atoms with Crippen molar-refractivity contribution in [3.8, 4) is 0 Å². The second-order valence-corrected chi connectivity index (χ2v) is 6.21. The van der Waals surface area contributed by atoms with Gasteiger partial charge in [-0.05, 0) is 47.9 Å². The number of hydrogen-bond acceptors (Lipinski definition) is 4. The van der Waals surface area contributed by atoms with Crippen LogP contribution >= 0.6 is 0 Å². The topological polar surface area (TPSA) is 74.3 Å². The van der Waals surface area contributed by atoms with E-state index in [0.717, 1.165) is 16.9 Å². The van der Waals surface area contributed by atoms with Gasteiger partial charge in [-0.1, -0.05) is 13.0 Å². The maximum atomic E-state index is 11.8. The average Bonchev–Trinajstić information content (AvgIpc) is 2.55. The molecule has 5 nitrogen and oxygen atoms in total. The summed E-state index contributed by atoms with van der Waals surface area (Å²) in [4.78, 5) is 16.4. The fourth-order valence-electron chi connectivity index (χ4n) is 1.78. The van der Waals surface area contributed by atoms with Crippen LogP contribution in [0.4, 0.5) is 10.5 Å². The van der Waals surface area contributed by atoms with Gasteiger partial charge in [0.05, 0.1) is 0 Å². The number of carbonyl (C=O) groups is 1. The molecule has 0 spiro atoms. The van der Waals surface area contributed by atoms with Crippen molar-refractivity contribution in [2.75, 3.05) is 11.1 Å². The first-order chi connectivity index (χ1) is 10.7. The van der Waals surface area contributed by atoms with Crippen LogP contribution in [-0.4, -0.2) is 21.4 Å².